The van der Waals surface area contributed by atoms with E-state index in [1.165, 1.54) is 41.0 Å². The minimum atomic E-state index is -1.66. The van der Waals surface area contributed by atoms with Crippen molar-refractivity contribution in [3.8, 4) is 0 Å². The predicted molar refractivity (Wildman–Crippen MR) is 203 cm³/mol. The summed E-state index contributed by atoms with van der Waals surface area (Å²) in [5.74, 6) is -6.30. The van der Waals surface area contributed by atoms with Gasteiger partial charge in [-0.1, -0.05) is 13.8 Å². The Morgan fingerprint density at radius 2 is 1.48 bits per heavy atom. The van der Waals surface area contributed by atoms with Crippen LogP contribution in [-0.4, -0.2) is 151 Å². The lowest BCUT2D eigenvalue weighted by Crippen LogP contribution is -2.62. The zero-order chi connectivity index (χ0) is 41.7. The number of carboxylic acids is 1. The maximum Gasteiger partial charge on any atom is 0.326 e. The minimum absolute atomic E-state index is 0.0219. The first-order valence-corrected chi connectivity index (χ1v) is 20.1. The van der Waals surface area contributed by atoms with E-state index in [1.54, 1.807) is 13.8 Å². The number of imidazole rings is 1. The van der Waals surface area contributed by atoms with Gasteiger partial charge in [0.15, 0.2) is 0 Å². The number of aliphatic hydroxyl groups excluding tert-OH is 1. The molecule has 20 nitrogen and oxygen atoms in total. The van der Waals surface area contributed by atoms with Crippen molar-refractivity contribution in [2.45, 2.75) is 121 Å². The standard InChI is InChI=1S/C35H56N10O10S/c1-18(2)13-22(41-31(50)23(14-20-16-38-17-39-20)40-29(48)21(36)9-12-56-4)30(49)42-24(15-27(37)47)32(51)43-28(19(3)46)34(53)44-10-5-7-25(44)33(52)45-11-6-8-26(45)35(54)55/h16-19,21-26,28,46H,5-15,36H2,1-4H3,(H2,37,47)(H,38,39)(H,40,48)(H,41,50)(H,42,49)(H,43,51)(H,54,55)/t19-,21+,22+,23+,24+,25+,26+,28+/m1/s1. The van der Waals surface area contributed by atoms with Crippen molar-refractivity contribution in [3.05, 3.63) is 18.2 Å². The lowest BCUT2D eigenvalue weighted by Gasteiger charge is -2.33. The van der Waals surface area contributed by atoms with Gasteiger partial charge in [0, 0.05) is 31.4 Å². The number of carbonyl (C=O) groups excluding carboxylic acids is 7. The Labute approximate surface area is 329 Å². The quantitative estimate of drug-likeness (QED) is 0.0614. The van der Waals surface area contributed by atoms with Crippen molar-refractivity contribution in [1.82, 2.24) is 41.0 Å². The van der Waals surface area contributed by atoms with Gasteiger partial charge in [-0.3, -0.25) is 33.6 Å². The lowest BCUT2D eigenvalue weighted by molar-refractivity contribution is -0.153. The van der Waals surface area contributed by atoms with Gasteiger partial charge in [0.1, 0.15) is 36.3 Å². The summed E-state index contributed by atoms with van der Waals surface area (Å²) in [5.41, 5.74) is 12.0. The molecule has 21 heteroatoms. The van der Waals surface area contributed by atoms with E-state index in [0.717, 1.165) is 0 Å². The number of nitrogens with two attached hydrogens (primary N) is 2. The van der Waals surface area contributed by atoms with Crippen LogP contribution in [0.1, 0.15) is 71.4 Å². The third-order valence-corrected chi connectivity index (χ3v) is 10.3. The third-order valence-electron chi connectivity index (χ3n) is 9.65. The van der Waals surface area contributed by atoms with Crippen LogP contribution < -0.4 is 32.7 Å². The van der Waals surface area contributed by atoms with E-state index < -0.39 is 102 Å². The molecular formula is C35H56N10O10S. The molecule has 2 fully saturated rings. The molecule has 0 bridgehead atoms. The number of aromatic amines is 1. The van der Waals surface area contributed by atoms with Crippen molar-refractivity contribution in [3.63, 3.8) is 0 Å². The molecule has 3 rings (SSSR count). The summed E-state index contributed by atoms with van der Waals surface area (Å²) in [4.78, 5) is 114. The number of aliphatic hydroxyl groups is 1. The zero-order valence-electron chi connectivity index (χ0n) is 32.2. The number of likely N-dealkylation sites (tertiary alicyclic amines) is 2. The highest BCUT2D eigenvalue weighted by atomic mass is 32.2. The number of hydrogen-bond donors (Lipinski definition) is 9. The van der Waals surface area contributed by atoms with E-state index in [1.807, 2.05) is 6.26 Å². The van der Waals surface area contributed by atoms with Crippen LogP contribution in [0.25, 0.3) is 0 Å². The number of rotatable bonds is 21. The van der Waals surface area contributed by atoms with Crippen LogP contribution >= 0.6 is 11.8 Å². The van der Waals surface area contributed by atoms with Gasteiger partial charge >= 0.3 is 5.97 Å². The third kappa shape index (κ3) is 12.9. The van der Waals surface area contributed by atoms with E-state index in [-0.39, 0.29) is 44.7 Å². The molecule has 7 amide bonds. The van der Waals surface area contributed by atoms with E-state index in [4.69, 9.17) is 11.5 Å². The largest absolute Gasteiger partial charge is 0.480 e. The molecule has 11 N–H and O–H groups in total. The molecule has 0 spiro atoms. The first-order valence-electron chi connectivity index (χ1n) is 18.7. The minimum Gasteiger partial charge on any atom is -0.480 e. The number of carboxylic acid groups (broad SMARTS) is 1. The molecular weight excluding hydrogens is 753 g/mol. The molecule has 312 valence electrons. The Balaban J connectivity index is 1.78. The van der Waals surface area contributed by atoms with E-state index in [9.17, 15) is 48.6 Å². The Morgan fingerprint density at radius 1 is 0.893 bits per heavy atom. The molecule has 0 radical (unpaired) electrons. The summed E-state index contributed by atoms with van der Waals surface area (Å²) in [5, 5.41) is 30.4. The van der Waals surface area contributed by atoms with Gasteiger partial charge < -0.3 is 57.7 Å². The van der Waals surface area contributed by atoms with Crippen molar-refractivity contribution >= 4 is 59.1 Å². The number of primary amides is 1. The second kappa shape index (κ2) is 21.5. The SMILES string of the molecule is CSCC[C@H](N)C(=O)N[C@@H](Cc1cnc[nH]1)C(=O)N[C@@H](CC(C)C)C(=O)N[C@@H](CC(N)=O)C(=O)N[C@H](C(=O)N1CCC[C@H]1C(=O)N1CCC[C@H]1C(=O)O)[C@@H](C)O. The van der Waals surface area contributed by atoms with Crippen LogP contribution in [0.4, 0.5) is 0 Å². The number of nitrogens with one attached hydrogen (secondary N) is 5. The number of hydrogen-bond acceptors (Lipinski definition) is 12. The fourth-order valence-corrected chi connectivity index (χ4v) is 7.21. The molecule has 2 saturated heterocycles. The van der Waals surface area contributed by atoms with E-state index in [2.05, 4.69) is 31.2 Å². The molecule has 0 aliphatic carbocycles. The monoisotopic (exact) mass is 808 g/mol. The summed E-state index contributed by atoms with van der Waals surface area (Å²) < 4.78 is 0. The Hall–Kier alpha value is -4.76. The Kier molecular flexibility index (Phi) is 17.5. The molecule has 0 unspecified atom stereocenters. The van der Waals surface area contributed by atoms with Crippen molar-refractivity contribution < 1.29 is 48.6 Å². The van der Waals surface area contributed by atoms with Crippen LogP contribution in [-0.2, 0) is 44.8 Å². The molecule has 0 saturated carbocycles. The number of nitrogens with zero attached hydrogens (tertiary/aromatic N) is 3. The smallest absolute Gasteiger partial charge is 0.326 e. The van der Waals surface area contributed by atoms with E-state index in [0.29, 0.717) is 30.7 Å². The molecule has 3 heterocycles. The second-order valence-corrected chi connectivity index (χ2v) is 15.6. The summed E-state index contributed by atoms with van der Waals surface area (Å²) in [6, 6.07) is -8.69. The fraction of sp³-hybridized carbons (Fsp3) is 0.686. The molecule has 1 aromatic heterocycles. The fourth-order valence-electron chi connectivity index (χ4n) is 6.73. The highest BCUT2D eigenvalue weighted by Gasteiger charge is 2.45. The number of aromatic nitrogens is 2. The maximum atomic E-state index is 13.8. The van der Waals surface area contributed by atoms with Crippen LogP contribution in [0.15, 0.2) is 12.5 Å². The number of aliphatic carboxylic acids is 1. The topological polar surface area (TPSA) is 312 Å². The molecule has 2 aliphatic rings. The summed E-state index contributed by atoms with van der Waals surface area (Å²) in [6.45, 7) is 5.12. The summed E-state index contributed by atoms with van der Waals surface area (Å²) >= 11 is 1.51. The Morgan fingerprint density at radius 3 is 2.05 bits per heavy atom. The lowest BCUT2D eigenvalue weighted by atomic mass is 10.0. The number of amides is 7. The second-order valence-electron chi connectivity index (χ2n) is 14.6. The van der Waals surface area contributed by atoms with E-state index >= 15 is 0 Å². The van der Waals surface area contributed by atoms with Gasteiger partial charge in [0.25, 0.3) is 0 Å². The highest BCUT2D eigenvalue weighted by molar-refractivity contribution is 7.98. The van der Waals surface area contributed by atoms with Crippen LogP contribution in [0, 0.1) is 5.92 Å². The molecule has 56 heavy (non-hydrogen) atoms. The normalized spacial score (nSPS) is 20.0. The summed E-state index contributed by atoms with van der Waals surface area (Å²) in [7, 11) is 0. The van der Waals surface area contributed by atoms with Crippen molar-refractivity contribution in [1.29, 1.82) is 0 Å². The number of thioether (sulfide) groups is 1. The maximum absolute atomic E-state index is 13.8. The average Bonchev–Trinajstić information content (AvgIpc) is 3.93. The number of H-pyrrole nitrogens is 1. The first kappa shape index (κ1) is 45.6. The van der Waals surface area contributed by atoms with Gasteiger partial charge in [-0.15, -0.1) is 0 Å². The van der Waals surface area contributed by atoms with Gasteiger partial charge in [-0.05, 0) is 63.4 Å². The molecule has 8 atom stereocenters. The Bertz CT molecular complexity index is 1560. The van der Waals surface area contributed by atoms with Gasteiger partial charge in [0.2, 0.25) is 41.4 Å². The van der Waals surface area contributed by atoms with Crippen LogP contribution in [0.5, 0.6) is 0 Å². The summed E-state index contributed by atoms with van der Waals surface area (Å²) in [6.07, 6.45) is 4.34. The molecule has 2 aliphatic heterocycles. The predicted octanol–water partition coefficient (Wildman–Crippen LogP) is -2.66. The van der Waals surface area contributed by atoms with Crippen molar-refractivity contribution in [2.75, 3.05) is 25.1 Å². The van der Waals surface area contributed by atoms with Gasteiger partial charge in [0.05, 0.1) is 24.9 Å². The highest BCUT2D eigenvalue weighted by Crippen LogP contribution is 2.26. The van der Waals surface area contributed by atoms with Crippen molar-refractivity contribution in [2.24, 2.45) is 17.4 Å². The van der Waals surface area contributed by atoms with Crippen LogP contribution in [0.2, 0.25) is 0 Å². The number of carbonyl (C=O) groups is 8. The zero-order valence-corrected chi connectivity index (χ0v) is 33.0. The average molecular weight is 809 g/mol. The molecule has 1 aromatic rings. The van der Waals surface area contributed by atoms with Crippen LogP contribution in [0.3, 0.4) is 0 Å². The van der Waals surface area contributed by atoms with Gasteiger partial charge in [-0.25, -0.2) is 9.78 Å². The molecule has 0 aromatic carbocycles. The van der Waals surface area contributed by atoms with Gasteiger partial charge in [-0.2, -0.15) is 11.8 Å². The first-order chi connectivity index (χ1) is 26.4.